The molecule has 2 aromatic rings. The number of methoxy groups -OCH3 is 1. The van der Waals surface area contributed by atoms with Gasteiger partial charge in [-0.3, -0.25) is 0 Å². The van der Waals surface area contributed by atoms with Crippen molar-refractivity contribution >= 4 is 16.0 Å². The molecule has 2 rings (SSSR count). The van der Waals surface area contributed by atoms with E-state index < -0.39 is 16.0 Å². The van der Waals surface area contributed by atoms with Gasteiger partial charge in [-0.15, -0.1) is 0 Å². The number of nitrogens with two attached hydrogens (primary N) is 1. The number of rotatable bonds is 3. The number of hydrogen-bond acceptors (Lipinski definition) is 5. The second-order valence-electron chi connectivity index (χ2n) is 4.11. The minimum absolute atomic E-state index is 0.0132. The quantitative estimate of drug-likeness (QED) is 0.836. The standard InChI is InChI=1S/C12H13N3O4S/c1-8-7-11(12(16)19-2)14-15(8)9-3-5-10(6-4-9)20(13,17)18/h3-7H,1-2H3,(H2,13,17,18). The molecule has 106 valence electrons. The number of benzene rings is 1. The maximum atomic E-state index is 11.4. The van der Waals surface area contributed by atoms with E-state index in [1.54, 1.807) is 25.1 Å². The minimum atomic E-state index is -3.73. The predicted molar refractivity (Wildman–Crippen MR) is 71.0 cm³/mol. The van der Waals surface area contributed by atoms with Crippen LogP contribution in [-0.2, 0) is 14.8 Å². The van der Waals surface area contributed by atoms with E-state index in [0.717, 1.165) is 0 Å². The summed E-state index contributed by atoms with van der Waals surface area (Å²) >= 11 is 0. The van der Waals surface area contributed by atoms with Crippen molar-refractivity contribution in [2.75, 3.05) is 7.11 Å². The third-order valence-electron chi connectivity index (χ3n) is 2.69. The molecule has 0 aliphatic carbocycles. The molecule has 0 saturated carbocycles. The first-order valence-corrected chi connectivity index (χ1v) is 7.16. The topological polar surface area (TPSA) is 104 Å². The van der Waals surface area contributed by atoms with Crippen LogP contribution < -0.4 is 5.14 Å². The van der Waals surface area contributed by atoms with E-state index in [1.165, 1.54) is 23.9 Å². The van der Waals surface area contributed by atoms with Gasteiger partial charge in [-0.25, -0.2) is 23.0 Å². The van der Waals surface area contributed by atoms with Gasteiger partial charge >= 0.3 is 5.97 Å². The number of carbonyl (C=O) groups excluding carboxylic acids is 1. The molecule has 0 aliphatic rings. The van der Waals surface area contributed by atoms with Gasteiger partial charge < -0.3 is 4.74 Å². The number of aromatic nitrogens is 2. The van der Waals surface area contributed by atoms with Crippen molar-refractivity contribution in [3.8, 4) is 5.69 Å². The molecule has 0 amide bonds. The lowest BCUT2D eigenvalue weighted by molar-refractivity contribution is 0.0593. The summed E-state index contributed by atoms with van der Waals surface area (Å²) < 4.78 is 28.5. The third kappa shape index (κ3) is 2.70. The normalized spacial score (nSPS) is 11.3. The zero-order chi connectivity index (χ0) is 14.9. The lowest BCUT2D eigenvalue weighted by Crippen LogP contribution is -2.12. The molecule has 1 aromatic heterocycles. The highest BCUT2D eigenvalue weighted by atomic mass is 32.2. The average Bonchev–Trinajstić information content (AvgIpc) is 2.79. The summed E-state index contributed by atoms with van der Waals surface area (Å²) in [6, 6.07) is 7.45. The van der Waals surface area contributed by atoms with Crippen LogP contribution in [0, 0.1) is 6.92 Å². The Labute approximate surface area is 116 Å². The first-order chi connectivity index (χ1) is 9.32. The van der Waals surface area contributed by atoms with Crippen LogP contribution in [0.3, 0.4) is 0 Å². The van der Waals surface area contributed by atoms with Crippen molar-refractivity contribution in [2.45, 2.75) is 11.8 Å². The Morgan fingerprint density at radius 3 is 2.40 bits per heavy atom. The number of sulfonamides is 1. The van der Waals surface area contributed by atoms with Crippen molar-refractivity contribution in [3.63, 3.8) is 0 Å². The fraction of sp³-hybridized carbons (Fsp3) is 0.167. The first-order valence-electron chi connectivity index (χ1n) is 5.61. The smallest absolute Gasteiger partial charge is 0.358 e. The molecule has 0 saturated heterocycles. The fourth-order valence-electron chi connectivity index (χ4n) is 1.72. The molecule has 0 radical (unpaired) electrons. The van der Waals surface area contributed by atoms with Crippen molar-refractivity contribution < 1.29 is 17.9 Å². The molecule has 1 heterocycles. The number of nitrogens with zero attached hydrogens (tertiary/aromatic N) is 2. The maximum absolute atomic E-state index is 11.4. The van der Waals surface area contributed by atoms with E-state index in [9.17, 15) is 13.2 Å². The minimum Gasteiger partial charge on any atom is -0.464 e. The van der Waals surface area contributed by atoms with E-state index in [2.05, 4.69) is 9.84 Å². The Balaban J connectivity index is 2.42. The predicted octanol–water partition coefficient (Wildman–Crippen LogP) is 0.615. The molecule has 8 heteroatoms. The van der Waals surface area contributed by atoms with E-state index in [1.807, 2.05) is 0 Å². The highest BCUT2D eigenvalue weighted by Crippen LogP contribution is 2.15. The second-order valence-corrected chi connectivity index (χ2v) is 5.67. The van der Waals surface area contributed by atoms with Gasteiger partial charge in [0.1, 0.15) is 0 Å². The van der Waals surface area contributed by atoms with E-state index in [0.29, 0.717) is 11.4 Å². The number of carbonyl (C=O) groups is 1. The Hall–Kier alpha value is -2.19. The Morgan fingerprint density at radius 1 is 1.30 bits per heavy atom. The zero-order valence-corrected chi connectivity index (χ0v) is 11.7. The van der Waals surface area contributed by atoms with Crippen LogP contribution in [0.25, 0.3) is 5.69 Å². The largest absolute Gasteiger partial charge is 0.464 e. The van der Waals surface area contributed by atoms with Crippen LogP contribution in [0.15, 0.2) is 35.2 Å². The van der Waals surface area contributed by atoms with Gasteiger partial charge in [0.15, 0.2) is 5.69 Å². The summed E-state index contributed by atoms with van der Waals surface area (Å²) in [7, 11) is -2.45. The summed E-state index contributed by atoms with van der Waals surface area (Å²) in [5.74, 6) is -0.534. The van der Waals surface area contributed by atoms with E-state index >= 15 is 0 Å². The van der Waals surface area contributed by atoms with Gasteiger partial charge in [0, 0.05) is 5.69 Å². The molecular formula is C12H13N3O4S. The fourth-order valence-corrected chi connectivity index (χ4v) is 2.23. The van der Waals surface area contributed by atoms with Crippen molar-refractivity contribution in [2.24, 2.45) is 5.14 Å². The molecule has 20 heavy (non-hydrogen) atoms. The van der Waals surface area contributed by atoms with Gasteiger partial charge in [0.25, 0.3) is 0 Å². The average molecular weight is 295 g/mol. The Kier molecular flexibility index (Phi) is 3.60. The van der Waals surface area contributed by atoms with Crippen LogP contribution in [-0.4, -0.2) is 31.3 Å². The molecule has 2 N–H and O–H groups in total. The third-order valence-corrected chi connectivity index (χ3v) is 3.62. The van der Waals surface area contributed by atoms with Gasteiger partial charge in [0.05, 0.1) is 17.7 Å². The lowest BCUT2D eigenvalue weighted by Gasteiger charge is -2.05. The van der Waals surface area contributed by atoms with Crippen LogP contribution in [0.1, 0.15) is 16.2 Å². The second kappa shape index (κ2) is 5.06. The molecule has 0 atom stereocenters. The van der Waals surface area contributed by atoms with Crippen LogP contribution in [0.2, 0.25) is 0 Å². The molecule has 1 aromatic carbocycles. The maximum Gasteiger partial charge on any atom is 0.358 e. The monoisotopic (exact) mass is 295 g/mol. The Bertz CT molecular complexity index is 748. The first kappa shape index (κ1) is 14.2. The van der Waals surface area contributed by atoms with Gasteiger partial charge in [0.2, 0.25) is 10.0 Å². The summed E-state index contributed by atoms with van der Waals surface area (Å²) in [5, 5.41) is 9.13. The van der Waals surface area contributed by atoms with Crippen molar-refractivity contribution in [3.05, 3.63) is 41.7 Å². The molecule has 0 unspecified atom stereocenters. The number of esters is 1. The summed E-state index contributed by atoms with van der Waals surface area (Å²) in [6.45, 7) is 1.77. The molecular weight excluding hydrogens is 282 g/mol. The van der Waals surface area contributed by atoms with Gasteiger partial charge in [-0.1, -0.05) is 0 Å². The van der Waals surface area contributed by atoms with Gasteiger partial charge in [-0.05, 0) is 37.3 Å². The molecule has 7 nitrogen and oxygen atoms in total. The summed E-state index contributed by atoms with van der Waals surface area (Å²) in [6.07, 6.45) is 0. The number of aryl methyl sites for hydroxylation is 1. The number of primary sulfonamides is 1. The SMILES string of the molecule is COC(=O)c1cc(C)n(-c2ccc(S(N)(=O)=O)cc2)n1. The van der Waals surface area contributed by atoms with E-state index in [-0.39, 0.29) is 10.6 Å². The van der Waals surface area contributed by atoms with Crippen molar-refractivity contribution in [1.29, 1.82) is 0 Å². The van der Waals surface area contributed by atoms with Crippen LogP contribution >= 0.6 is 0 Å². The molecule has 0 bridgehead atoms. The lowest BCUT2D eigenvalue weighted by atomic mass is 10.3. The van der Waals surface area contributed by atoms with E-state index in [4.69, 9.17) is 5.14 Å². The van der Waals surface area contributed by atoms with Crippen molar-refractivity contribution in [1.82, 2.24) is 9.78 Å². The number of ether oxygens (including phenoxy) is 1. The van der Waals surface area contributed by atoms with Crippen LogP contribution in [0.5, 0.6) is 0 Å². The molecule has 0 aliphatic heterocycles. The zero-order valence-electron chi connectivity index (χ0n) is 10.9. The highest BCUT2D eigenvalue weighted by molar-refractivity contribution is 7.89. The number of hydrogen-bond donors (Lipinski definition) is 1. The van der Waals surface area contributed by atoms with Crippen LogP contribution in [0.4, 0.5) is 0 Å². The molecule has 0 fully saturated rings. The molecule has 0 spiro atoms. The van der Waals surface area contributed by atoms with Gasteiger partial charge in [-0.2, -0.15) is 5.10 Å². The highest BCUT2D eigenvalue weighted by Gasteiger charge is 2.14. The summed E-state index contributed by atoms with van der Waals surface area (Å²) in [4.78, 5) is 11.4. The summed E-state index contributed by atoms with van der Waals surface area (Å²) in [5.41, 5.74) is 1.51. The Morgan fingerprint density at radius 2 is 1.90 bits per heavy atom.